The van der Waals surface area contributed by atoms with Crippen LogP contribution in [-0.4, -0.2) is 46.5 Å². The van der Waals surface area contributed by atoms with E-state index in [1.54, 1.807) is 7.11 Å². The average Bonchev–Trinajstić information content (AvgIpc) is 2.91. The number of hydrogen-bond acceptors (Lipinski definition) is 5. The van der Waals surface area contributed by atoms with Gasteiger partial charge in [0.25, 0.3) is 0 Å². The zero-order valence-electron chi connectivity index (χ0n) is 12.3. The molecular weight excluding hydrogens is 333 g/mol. The lowest BCUT2D eigenvalue weighted by atomic mass is 10.3. The number of methoxy groups -OCH3 is 1. The van der Waals surface area contributed by atoms with Crippen molar-refractivity contribution in [3.05, 3.63) is 23.9 Å². The van der Waals surface area contributed by atoms with E-state index in [0.29, 0.717) is 25.2 Å². The van der Waals surface area contributed by atoms with Crippen molar-refractivity contribution in [2.75, 3.05) is 26.0 Å². The molecule has 0 saturated carbocycles. The van der Waals surface area contributed by atoms with Crippen LogP contribution in [0.15, 0.2) is 23.5 Å². The number of carbonyl (C=O) groups is 1. The first-order valence-electron chi connectivity index (χ1n) is 6.72. The number of ether oxygens (including phenoxy) is 1. The van der Waals surface area contributed by atoms with E-state index < -0.39 is 11.7 Å². The molecule has 0 spiro atoms. The number of alkyl halides is 3. The first-order chi connectivity index (χ1) is 10.9. The lowest BCUT2D eigenvalue weighted by Gasteiger charge is -2.07. The second kappa shape index (κ2) is 7.64. The Morgan fingerprint density at radius 3 is 2.87 bits per heavy atom. The topological polar surface area (TPSA) is 68.5 Å². The molecule has 0 bridgehead atoms. The highest BCUT2D eigenvalue weighted by Crippen LogP contribution is 2.30. The third kappa shape index (κ3) is 4.83. The summed E-state index contributed by atoms with van der Waals surface area (Å²) in [5.74, 6) is -0.181. The molecule has 2 aromatic rings. The molecule has 0 aliphatic rings. The highest BCUT2D eigenvalue weighted by molar-refractivity contribution is 7.99. The number of amides is 1. The van der Waals surface area contributed by atoms with Crippen molar-refractivity contribution in [1.29, 1.82) is 0 Å². The lowest BCUT2D eigenvalue weighted by Crippen LogP contribution is -2.26. The van der Waals surface area contributed by atoms with Crippen molar-refractivity contribution in [2.45, 2.75) is 17.8 Å². The van der Waals surface area contributed by atoms with E-state index in [1.165, 1.54) is 10.5 Å². The Labute approximate surface area is 134 Å². The minimum Gasteiger partial charge on any atom is -0.385 e. The summed E-state index contributed by atoms with van der Waals surface area (Å²) in [5.41, 5.74) is -0.503. The Hall–Kier alpha value is -1.81. The quantitative estimate of drug-likeness (QED) is 0.612. The molecule has 2 rings (SSSR count). The van der Waals surface area contributed by atoms with Gasteiger partial charge in [0, 0.05) is 26.5 Å². The molecule has 0 atom stereocenters. The predicted molar refractivity (Wildman–Crippen MR) is 78.2 cm³/mol. The smallest absolute Gasteiger partial charge is 0.385 e. The molecular formula is C13H15F3N4O2S. The van der Waals surface area contributed by atoms with Gasteiger partial charge in [-0.2, -0.15) is 13.2 Å². The van der Waals surface area contributed by atoms with Crippen LogP contribution in [0.3, 0.4) is 0 Å². The van der Waals surface area contributed by atoms with E-state index in [1.807, 2.05) is 0 Å². The van der Waals surface area contributed by atoms with Crippen molar-refractivity contribution in [1.82, 2.24) is 19.9 Å². The van der Waals surface area contributed by atoms with E-state index in [0.717, 1.165) is 24.0 Å². The minimum atomic E-state index is -4.45. The first-order valence-corrected chi connectivity index (χ1v) is 7.71. The molecule has 10 heteroatoms. The normalized spacial score (nSPS) is 11.8. The molecule has 0 aliphatic heterocycles. The molecule has 0 saturated heterocycles. The molecule has 126 valence electrons. The van der Waals surface area contributed by atoms with E-state index in [4.69, 9.17) is 4.74 Å². The van der Waals surface area contributed by atoms with Gasteiger partial charge in [0.1, 0.15) is 0 Å². The number of nitrogens with one attached hydrogen (secondary N) is 1. The third-order valence-corrected chi connectivity index (χ3v) is 3.82. The Kier molecular flexibility index (Phi) is 5.83. The maximum Gasteiger partial charge on any atom is 0.417 e. The fourth-order valence-corrected chi connectivity index (χ4v) is 2.51. The zero-order chi connectivity index (χ0) is 16.9. The standard InChI is InChI=1S/C13H15F3N4O2S/c1-22-6-2-5-17-11(21)8-23-12-19-18-10-4-3-9(7-20(10)12)13(14,15)16/h3-4,7H,2,5-6,8H2,1H3,(H,17,21). The van der Waals surface area contributed by atoms with Crippen molar-refractivity contribution < 1.29 is 22.7 Å². The van der Waals surface area contributed by atoms with Crippen molar-refractivity contribution >= 4 is 23.3 Å². The number of fused-ring (bicyclic) bond motifs is 1. The SMILES string of the molecule is COCCCNC(=O)CSc1nnc2ccc(C(F)(F)F)cn12. The molecule has 1 N–H and O–H groups in total. The maximum absolute atomic E-state index is 12.7. The molecule has 0 fully saturated rings. The average molecular weight is 348 g/mol. The number of hydrogen-bond donors (Lipinski definition) is 1. The predicted octanol–water partition coefficient (Wildman–Crippen LogP) is 1.99. The summed E-state index contributed by atoms with van der Waals surface area (Å²) in [5, 5.41) is 10.5. The molecule has 23 heavy (non-hydrogen) atoms. The molecule has 1 amide bonds. The van der Waals surface area contributed by atoms with E-state index >= 15 is 0 Å². The third-order valence-electron chi connectivity index (χ3n) is 2.88. The number of thioether (sulfide) groups is 1. The van der Waals surface area contributed by atoms with Crippen LogP contribution < -0.4 is 5.32 Å². The number of carbonyl (C=O) groups excluding carboxylic acids is 1. The van der Waals surface area contributed by atoms with Crippen LogP contribution in [0.1, 0.15) is 12.0 Å². The fraction of sp³-hybridized carbons (Fsp3) is 0.462. The Balaban J connectivity index is 1.99. The van der Waals surface area contributed by atoms with E-state index in [-0.39, 0.29) is 16.8 Å². The summed E-state index contributed by atoms with van der Waals surface area (Å²) in [4.78, 5) is 11.7. The van der Waals surface area contributed by atoms with Crippen molar-refractivity contribution in [3.8, 4) is 0 Å². The van der Waals surface area contributed by atoms with Gasteiger partial charge in [0.05, 0.1) is 11.3 Å². The van der Waals surface area contributed by atoms with Crippen LogP contribution in [0.25, 0.3) is 5.65 Å². The van der Waals surface area contributed by atoms with Crippen molar-refractivity contribution in [2.24, 2.45) is 0 Å². The molecule has 2 aromatic heterocycles. The van der Waals surface area contributed by atoms with Gasteiger partial charge in [-0.1, -0.05) is 11.8 Å². The Morgan fingerprint density at radius 1 is 1.39 bits per heavy atom. The van der Waals surface area contributed by atoms with Gasteiger partial charge in [-0.15, -0.1) is 10.2 Å². The van der Waals surface area contributed by atoms with Gasteiger partial charge < -0.3 is 10.1 Å². The maximum atomic E-state index is 12.7. The molecule has 2 heterocycles. The number of aromatic nitrogens is 3. The molecule has 6 nitrogen and oxygen atoms in total. The van der Waals surface area contributed by atoms with Gasteiger partial charge in [0.15, 0.2) is 10.8 Å². The minimum absolute atomic E-state index is 0.0457. The number of halogens is 3. The van der Waals surface area contributed by atoms with Crippen LogP contribution in [0.5, 0.6) is 0 Å². The fourth-order valence-electron chi connectivity index (χ4n) is 1.76. The van der Waals surface area contributed by atoms with Gasteiger partial charge in [0.2, 0.25) is 5.91 Å². The van der Waals surface area contributed by atoms with E-state index in [2.05, 4.69) is 15.5 Å². The lowest BCUT2D eigenvalue weighted by molar-refractivity contribution is -0.137. The summed E-state index contributed by atoms with van der Waals surface area (Å²) in [6, 6.07) is 2.19. The number of pyridine rings is 1. The Bertz CT molecular complexity index is 675. The van der Waals surface area contributed by atoms with Crippen LogP contribution in [0, 0.1) is 0 Å². The van der Waals surface area contributed by atoms with Crippen LogP contribution in [0.4, 0.5) is 13.2 Å². The molecule has 0 radical (unpaired) electrons. The summed E-state index contributed by atoms with van der Waals surface area (Å²) in [7, 11) is 1.57. The van der Waals surface area contributed by atoms with Crippen LogP contribution >= 0.6 is 11.8 Å². The highest BCUT2D eigenvalue weighted by Gasteiger charge is 2.31. The van der Waals surface area contributed by atoms with Crippen LogP contribution in [-0.2, 0) is 15.7 Å². The molecule has 0 aromatic carbocycles. The first kappa shape index (κ1) is 17.5. The monoisotopic (exact) mass is 348 g/mol. The summed E-state index contributed by atoms with van der Waals surface area (Å²) >= 11 is 1.03. The summed E-state index contributed by atoms with van der Waals surface area (Å²) in [6.45, 7) is 1.02. The zero-order valence-corrected chi connectivity index (χ0v) is 13.1. The van der Waals surface area contributed by atoms with Crippen LogP contribution in [0.2, 0.25) is 0 Å². The number of rotatable bonds is 7. The largest absolute Gasteiger partial charge is 0.417 e. The second-order valence-corrected chi connectivity index (χ2v) is 5.55. The highest BCUT2D eigenvalue weighted by atomic mass is 32.2. The van der Waals surface area contributed by atoms with E-state index in [9.17, 15) is 18.0 Å². The molecule has 0 unspecified atom stereocenters. The van der Waals surface area contributed by atoms with Gasteiger partial charge >= 0.3 is 6.18 Å². The van der Waals surface area contributed by atoms with Crippen molar-refractivity contribution in [3.63, 3.8) is 0 Å². The number of nitrogens with zero attached hydrogens (tertiary/aromatic N) is 3. The van der Waals surface area contributed by atoms with Gasteiger partial charge in [-0.3, -0.25) is 9.20 Å². The summed E-state index contributed by atoms with van der Waals surface area (Å²) in [6.07, 6.45) is -2.83. The molecule has 0 aliphatic carbocycles. The second-order valence-electron chi connectivity index (χ2n) is 4.61. The van der Waals surface area contributed by atoms with Gasteiger partial charge in [-0.25, -0.2) is 0 Å². The Morgan fingerprint density at radius 2 is 2.17 bits per heavy atom. The van der Waals surface area contributed by atoms with Gasteiger partial charge in [-0.05, 0) is 18.6 Å². The summed E-state index contributed by atoms with van der Waals surface area (Å²) < 4.78 is 44.3.